The van der Waals surface area contributed by atoms with Crippen molar-refractivity contribution in [2.45, 2.75) is 59.4 Å². The zero-order chi connectivity index (χ0) is 16.4. The fraction of sp³-hybridized carbons (Fsp3) is 0.722. The lowest BCUT2D eigenvalue weighted by Crippen LogP contribution is -2.29. The van der Waals surface area contributed by atoms with Crippen molar-refractivity contribution in [3.63, 3.8) is 0 Å². The van der Waals surface area contributed by atoms with E-state index >= 15 is 0 Å². The van der Waals surface area contributed by atoms with Gasteiger partial charge in [-0.3, -0.25) is 4.79 Å². The summed E-state index contributed by atoms with van der Waals surface area (Å²) in [4.78, 5) is 12.4. The predicted octanol–water partition coefficient (Wildman–Crippen LogP) is 3.78. The number of nitrogens with zero attached hydrogens (tertiary/aromatic N) is 1. The number of amides is 1. The minimum Gasteiger partial charge on any atom is -0.385 e. The molecule has 4 heteroatoms. The summed E-state index contributed by atoms with van der Waals surface area (Å²) in [6.45, 7) is 8.83. The van der Waals surface area contributed by atoms with Crippen LogP contribution < -0.4 is 5.32 Å². The molecule has 126 valence electrons. The molecule has 4 nitrogen and oxygen atoms in total. The second-order valence-corrected chi connectivity index (χ2v) is 5.98. The Hall–Kier alpha value is -1.29. The molecule has 0 saturated carbocycles. The summed E-state index contributed by atoms with van der Waals surface area (Å²) in [5, 5.41) is 3.10. The van der Waals surface area contributed by atoms with E-state index in [4.69, 9.17) is 4.74 Å². The topological polar surface area (TPSA) is 43.3 Å². The fourth-order valence-corrected chi connectivity index (χ4v) is 2.69. The second-order valence-electron chi connectivity index (χ2n) is 5.98. The van der Waals surface area contributed by atoms with Crippen LogP contribution in [0.25, 0.3) is 0 Å². The lowest BCUT2D eigenvalue weighted by atomic mass is 9.99. The molecule has 0 radical (unpaired) electrons. The average Bonchev–Trinajstić information content (AvgIpc) is 2.89. The van der Waals surface area contributed by atoms with Gasteiger partial charge >= 0.3 is 0 Å². The number of ether oxygens (including phenoxy) is 1. The Kier molecular flexibility index (Phi) is 8.90. The van der Waals surface area contributed by atoms with E-state index in [2.05, 4.69) is 23.7 Å². The molecule has 0 spiro atoms. The molecular formula is C18H32N2O2. The van der Waals surface area contributed by atoms with Gasteiger partial charge in [-0.2, -0.15) is 0 Å². The average molecular weight is 308 g/mol. The molecule has 0 fully saturated rings. The van der Waals surface area contributed by atoms with Crippen LogP contribution >= 0.6 is 0 Å². The van der Waals surface area contributed by atoms with Gasteiger partial charge in [-0.25, -0.2) is 0 Å². The smallest absolute Gasteiger partial charge is 0.253 e. The van der Waals surface area contributed by atoms with E-state index in [9.17, 15) is 4.79 Å². The number of carbonyl (C=O) groups is 1. The molecule has 0 aromatic carbocycles. The number of hydrogen-bond donors (Lipinski definition) is 1. The number of aromatic nitrogens is 1. The maximum absolute atomic E-state index is 12.4. The molecule has 1 heterocycles. The standard InChI is InChI=1S/C18H32N2O2/c1-5-7-9-16(6-2)14-19-18(21)17-10-12-20(15(17)3)11-8-13-22-4/h10,12,16H,5-9,11,13-14H2,1-4H3,(H,19,21). The normalized spacial score (nSPS) is 12.4. The number of nitrogens with one attached hydrogen (secondary N) is 1. The summed E-state index contributed by atoms with van der Waals surface area (Å²) in [7, 11) is 1.71. The Balaban J connectivity index is 2.51. The molecule has 1 rings (SSSR count). The van der Waals surface area contributed by atoms with E-state index in [0.717, 1.165) is 43.8 Å². The van der Waals surface area contributed by atoms with E-state index < -0.39 is 0 Å². The highest BCUT2D eigenvalue weighted by molar-refractivity contribution is 5.95. The first-order valence-corrected chi connectivity index (χ1v) is 8.56. The Morgan fingerprint density at radius 3 is 2.77 bits per heavy atom. The number of unbranched alkanes of at least 4 members (excludes halogenated alkanes) is 1. The second kappa shape index (κ2) is 10.4. The molecular weight excluding hydrogens is 276 g/mol. The molecule has 1 N–H and O–H groups in total. The van der Waals surface area contributed by atoms with Crippen molar-refractivity contribution < 1.29 is 9.53 Å². The highest BCUT2D eigenvalue weighted by Crippen LogP contribution is 2.13. The molecule has 1 atom stereocenters. The number of methoxy groups -OCH3 is 1. The maximum atomic E-state index is 12.4. The first-order chi connectivity index (χ1) is 10.6. The Morgan fingerprint density at radius 1 is 1.36 bits per heavy atom. The number of hydrogen-bond acceptors (Lipinski definition) is 2. The van der Waals surface area contributed by atoms with Crippen LogP contribution in [0.2, 0.25) is 0 Å². The van der Waals surface area contributed by atoms with Gasteiger partial charge in [0.15, 0.2) is 0 Å². The molecule has 1 aromatic heterocycles. The van der Waals surface area contributed by atoms with E-state index in [0.29, 0.717) is 5.92 Å². The van der Waals surface area contributed by atoms with Crippen LogP contribution in [0.4, 0.5) is 0 Å². The third-order valence-corrected chi connectivity index (χ3v) is 4.33. The van der Waals surface area contributed by atoms with Gasteiger partial charge in [0.25, 0.3) is 5.91 Å². The lowest BCUT2D eigenvalue weighted by Gasteiger charge is -2.15. The van der Waals surface area contributed by atoms with E-state index in [1.54, 1.807) is 7.11 Å². The molecule has 1 unspecified atom stereocenters. The van der Waals surface area contributed by atoms with Gasteiger partial charge in [0.1, 0.15) is 0 Å². The van der Waals surface area contributed by atoms with E-state index in [1.807, 2.05) is 19.2 Å². The van der Waals surface area contributed by atoms with Crippen LogP contribution in [0.15, 0.2) is 12.3 Å². The summed E-state index contributed by atoms with van der Waals surface area (Å²) in [6.07, 6.45) is 7.73. The van der Waals surface area contributed by atoms with Gasteiger partial charge in [0, 0.05) is 38.7 Å². The van der Waals surface area contributed by atoms with Gasteiger partial charge in [-0.15, -0.1) is 0 Å². The summed E-state index contributed by atoms with van der Waals surface area (Å²) >= 11 is 0. The van der Waals surface area contributed by atoms with Crippen LogP contribution in [0.1, 0.15) is 62.0 Å². The number of carbonyl (C=O) groups excluding carboxylic acids is 1. The highest BCUT2D eigenvalue weighted by atomic mass is 16.5. The molecule has 22 heavy (non-hydrogen) atoms. The zero-order valence-corrected chi connectivity index (χ0v) is 14.7. The van der Waals surface area contributed by atoms with Gasteiger partial charge in [0.2, 0.25) is 0 Å². The van der Waals surface area contributed by atoms with Crippen molar-refractivity contribution >= 4 is 5.91 Å². The van der Waals surface area contributed by atoms with Crippen molar-refractivity contribution in [1.82, 2.24) is 9.88 Å². The largest absolute Gasteiger partial charge is 0.385 e. The third kappa shape index (κ3) is 5.84. The minimum absolute atomic E-state index is 0.0536. The Morgan fingerprint density at radius 2 is 2.14 bits per heavy atom. The molecule has 1 aromatic rings. The SMILES string of the molecule is CCCCC(CC)CNC(=O)c1ccn(CCCOC)c1C. The first kappa shape index (κ1) is 18.8. The van der Waals surface area contributed by atoms with E-state index in [-0.39, 0.29) is 5.91 Å². The van der Waals surface area contributed by atoms with Gasteiger partial charge < -0.3 is 14.6 Å². The molecule has 0 aliphatic rings. The van der Waals surface area contributed by atoms with Crippen molar-refractivity contribution in [3.05, 3.63) is 23.5 Å². The first-order valence-electron chi connectivity index (χ1n) is 8.56. The number of aryl methyl sites for hydroxylation is 1. The molecule has 0 aliphatic carbocycles. The number of rotatable bonds is 11. The molecule has 0 bridgehead atoms. The zero-order valence-electron chi connectivity index (χ0n) is 14.7. The monoisotopic (exact) mass is 308 g/mol. The third-order valence-electron chi connectivity index (χ3n) is 4.33. The fourth-order valence-electron chi connectivity index (χ4n) is 2.69. The van der Waals surface area contributed by atoms with Gasteiger partial charge in [0.05, 0.1) is 5.56 Å². The van der Waals surface area contributed by atoms with Crippen LogP contribution in [0.5, 0.6) is 0 Å². The van der Waals surface area contributed by atoms with Crippen molar-refractivity contribution in [1.29, 1.82) is 0 Å². The van der Waals surface area contributed by atoms with Crippen LogP contribution in [-0.2, 0) is 11.3 Å². The summed E-state index contributed by atoms with van der Waals surface area (Å²) < 4.78 is 7.20. The Labute approximate surface area is 135 Å². The van der Waals surface area contributed by atoms with Gasteiger partial charge in [-0.1, -0.05) is 33.1 Å². The summed E-state index contributed by atoms with van der Waals surface area (Å²) in [5.74, 6) is 0.644. The minimum atomic E-state index is 0.0536. The molecule has 1 amide bonds. The van der Waals surface area contributed by atoms with Gasteiger partial charge in [-0.05, 0) is 31.7 Å². The molecule has 0 saturated heterocycles. The van der Waals surface area contributed by atoms with Crippen LogP contribution in [0, 0.1) is 12.8 Å². The predicted molar refractivity (Wildman–Crippen MR) is 91.3 cm³/mol. The summed E-state index contributed by atoms with van der Waals surface area (Å²) in [5.41, 5.74) is 1.83. The lowest BCUT2D eigenvalue weighted by molar-refractivity contribution is 0.0945. The van der Waals surface area contributed by atoms with E-state index in [1.165, 1.54) is 19.3 Å². The Bertz CT molecular complexity index is 440. The maximum Gasteiger partial charge on any atom is 0.253 e. The van der Waals surface area contributed by atoms with Crippen LogP contribution in [0.3, 0.4) is 0 Å². The quantitative estimate of drug-likeness (QED) is 0.632. The molecule has 0 aliphatic heterocycles. The van der Waals surface area contributed by atoms with Crippen LogP contribution in [-0.4, -0.2) is 30.7 Å². The highest BCUT2D eigenvalue weighted by Gasteiger charge is 2.14. The summed E-state index contributed by atoms with van der Waals surface area (Å²) in [6, 6.07) is 1.92. The van der Waals surface area contributed by atoms with Crippen molar-refractivity contribution in [2.24, 2.45) is 5.92 Å². The van der Waals surface area contributed by atoms with Crippen molar-refractivity contribution in [3.8, 4) is 0 Å². The van der Waals surface area contributed by atoms with Crippen molar-refractivity contribution in [2.75, 3.05) is 20.3 Å².